The fourth-order valence-electron chi connectivity index (χ4n) is 1.63. The summed E-state index contributed by atoms with van der Waals surface area (Å²) >= 11 is 4.33. The SMILES string of the molecule is Cc1ccc(C(=O)Cn2cc(Br)c(=O)c([N+](=O)[O-])c2)s1. The van der Waals surface area contributed by atoms with Crippen LogP contribution in [0.1, 0.15) is 14.5 Å². The molecule has 0 bridgehead atoms. The molecule has 2 rings (SSSR count). The predicted octanol–water partition coefficient (Wildman–Crippen LogP) is 2.77. The Morgan fingerprint density at radius 1 is 1.45 bits per heavy atom. The van der Waals surface area contributed by atoms with Crippen molar-refractivity contribution in [2.75, 3.05) is 0 Å². The maximum Gasteiger partial charge on any atom is 0.333 e. The van der Waals surface area contributed by atoms with Gasteiger partial charge in [-0.05, 0) is 35.0 Å². The third-order valence-corrected chi connectivity index (χ3v) is 4.16. The van der Waals surface area contributed by atoms with Crippen molar-refractivity contribution in [1.82, 2.24) is 4.57 Å². The number of aryl methyl sites for hydroxylation is 1. The molecule has 104 valence electrons. The van der Waals surface area contributed by atoms with Crippen LogP contribution in [0.3, 0.4) is 0 Å². The lowest BCUT2D eigenvalue weighted by Crippen LogP contribution is -2.16. The van der Waals surface area contributed by atoms with Crippen LogP contribution < -0.4 is 5.43 Å². The van der Waals surface area contributed by atoms with E-state index < -0.39 is 16.0 Å². The van der Waals surface area contributed by atoms with Crippen LogP contribution in [0.25, 0.3) is 0 Å². The zero-order valence-corrected chi connectivity index (χ0v) is 12.7. The van der Waals surface area contributed by atoms with Gasteiger partial charge in [-0.2, -0.15) is 0 Å². The Balaban J connectivity index is 2.32. The molecule has 0 fully saturated rings. The number of nitrogens with zero attached hydrogens (tertiary/aromatic N) is 2. The number of carbonyl (C=O) groups is 1. The molecule has 2 aromatic heterocycles. The fourth-order valence-corrected chi connectivity index (χ4v) is 2.89. The highest BCUT2D eigenvalue weighted by molar-refractivity contribution is 9.10. The van der Waals surface area contributed by atoms with E-state index in [0.717, 1.165) is 11.1 Å². The molecule has 0 aliphatic carbocycles. The van der Waals surface area contributed by atoms with Crippen LogP contribution in [0.15, 0.2) is 33.8 Å². The highest BCUT2D eigenvalue weighted by Crippen LogP contribution is 2.17. The third-order valence-electron chi connectivity index (χ3n) is 2.55. The normalized spacial score (nSPS) is 10.5. The Labute approximate surface area is 125 Å². The first kappa shape index (κ1) is 14.6. The Morgan fingerprint density at radius 2 is 2.15 bits per heavy atom. The van der Waals surface area contributed by atoms with Crippen molar-refractivity contribution in [3.63, 3.8) is 0 Å². The van der Waals surface area contributed by atoms with Gasteiger partial charge < -0.3 is 4.57 Å². The first-order valence-corrected chi connectivity index (χ1v) is 7.13. The number of rotatable bonds is 4. The summed E-state index contributed by atoms with van der Waals surface area (Å²) in [5.41, 5.74) is -1.26. The number of halogens is 1. The highest BCUT2D eigenvalue weighted by Gasteiger charge is 2.17. The molecule has 0 amide bonds. The minimum absolute atomic E-state index is 0.0559. The molecule has 20 heavy (non-hydrogen) atoms. The van der Waals surface area contributed by atoms with Gasteiger partial charge in [0.05, 0.1) is 27.0 Å². The molecule has 0 spiro atoms. The number of hydrogen-bond acceptors (Lipinski definition) is 5. The summed E-state index contributed by atoms with van der Waals surface area (Å²) in [5.74, 6) is -0.159. The Bertz CT molecular complexity index is 750. The molecule has 2 aromatic rings. The number of hydrogen-bond donors (Lipinski definition) is 0. The van der Waals surface area contributed by atoms with Gasteiger partial charge in [-0.15, -0.1) is 11.3 Å². The molecule has 2 heterocycles. The minimum Gasteiger partial charge on any atom is -0.339 e. The summed E-state index contributed by atoms with van der Waals surface area (Å²) < 4.78 is 1.39. The second-order valence-electron chi connectivity index (χ2n) is 4.08. The largest absolute Gasteiger partial charge is 0.339 e. The van der Waals surface area contributed by atoms with Gasteiger partial charge in [0.25, 0.3) is 5.43 Å². The van der Waals surface area contributed by atoms with Crippen LogP contribution in [0.5, 0.6) is 0 Å². The number of pyridine rings is 1. The number of carbonyl (C=O) groups excluding carboxylic acids is 1. The Kier molecular flexibility index (Phi) is 4.15. The van der Waals surface area contributed by atoms with Gasteiger partial charge in [0.1, 0.15) is 0 Å². The predicted molar refractivity (Wildman–Crippen MR) is 78.4 cm³/mol. The van der Waals surface area contributed by atoms with Gasteiger partial charge in [0.2, 0.25) is 0 Å². The van der Waals surface area contributed by atoms with E-state index in [1.807, 2.05) is 13.0 Å². The Hall–Kier alpha value is -1.80. The second-order valence-corrected chi connectivity index (χ2v) is 6.23. The smallest absolute Gasteiger partial charge is 0.333 e. The summed E-state index contributed by atoms with van der Waals surface area (Å²) in [4.78, 5) is 35.2. The van der Waals surface area contributed by atoms with Crippen molar-refractivity contribution >= 4 is 38.7 Å². The zero-order valence-electron chi connectivity index (χ0n) is 10.3. The molecule has 0 N–H and O–H groups in total. The summed E-state index contributed by atoms with van der Waals surface area (Å²) in [7, 11) is 0. The van der Waals surface area contributed by atoms with E-state index in [-0.39, 0.29) is 16.8 Å². The molecule has 0 aliphatic rings. The van der Waals surface area contributed by atoms with Crippen LogP contribution in [0, 0.1) is 17.0 Å². The van der Waals surface area contributed by atoms with Crippen LogP contribution in [-0.2, 0) is 6.54 Å². The number of thiophene rings is 1. The molecule has 0 saturated carbocycles. The maximum atomic E-state index is 12.0. The van der Waals surface area contributed by atoms with Crippen molar-refractivity contribution < 1.29 is 9.72 Å². The van der Waals surface area contributed by atoms with E-state index in [1.54, 1.807) is 6.07 Å². The monoisotopic (exact) mass is 356 g/mol. The quantitative estimate of drug-likeness (QED) is 0.479. The van der Waals surface area contributed by atoms with Gasteiger partial charge in [0, 0.05) is 11.1 Å². The lowest BCUT2D eigenvalue weighted by atomic mass is 10.3. The second kappa shape index (κ2) is 5.68. The van der Waals surface area contributed by atoms with Gasteiger partial charge in [0.15, 0.2) is 5.78 Å². The lowest BCUT2D eigenvalue weighted by Gasteiger charge is -2.05. The zero-order chi connectivity index (χ0) is 14.9. The number of Topliss-reactive ketones (excluding diaryl/α,β-unsaturated/α-hetero) is 1. The third kappa shape index (κ3) is 3.02. The van der Waals surface area contributed by atoms with Crippen molar-refractivity contribution in [3.05, 3.63) is 59.1 Å². The van der Waals surface area contributed by atoms with E-state index in [0.29, 0.717) is 4.88 Å². The maximum absolute atomic E-state index is 12.0. The molecule has 0 aromatic carbocycles. The van der Waals surface area contributed by atoms with Crippen LogP contribution in [0.4, 0.5) is 5.69 Å². The van der Waals surface area contributed by atoms with E-state index in [4.69, 9.17) is 0 Å². The van der Waals surface area contributed by atoms with Crippen LogP contribution in [0.2, 0.25) is 0 Å². The van der Waals surface area contributed by atoms with Gasteiger partial charge in [-0.3, -0.25) is 19.7 Å². The number of ketones is 1. The molecule has 6 nitrogen and oxygen atoms in total. The van der Waals surface area contributed by atoms with Gasteiger partial charge >= 0.3 is 5.69 Å². The molecule has 0 unspecified atom stereocenters. The van der Waals surface area contributed by atoms with E-state index in [1.165, 1.54) is 22.1 Å². The van der Waals surface area contributed by atoms with Crippen molar-refractivity contribution in [2.24, 2.45) is 0 Å². The Morgan fingerprint density at radius 3 is 2.70 bits per heavy atom. The average Bonchev–Trinajstić information content (AvgIpc) is 2.80. The first-order valence-electron chi connectivity index (χ1n) is 5.52. The summed E-state index contributed by atoms with van der Waals surface area (Å²) in [6.45, 7) is 1.84. The highest BCUT2D eigenvalue weighted by atomic mass is 79.9. The van der Waals surface area contributed by atoms with Gasteiger partial charge in [-0.1, -0.05) is 0 Å². The molecular formula is C12H9BrN2O4S. The van der Waals surface area contributed by atoms with Crippen LogP contribution in [-0.4, -0.2) is 15.3 Å². The molecule has 0 aliphatic heterocycles. The first-order chi connectivity index (χ1) is 9.38. The van der Waals surface area contributed by atoms with E-state index in [9.17, 15) is 19.7 Å². The van der Waals surface area contributed by atoms with Crippen molar-refractivity contribution in [2.45, 2.75) is 13.5 Å². The van der Waals surface area contributed by atoms with Gasteiger partial charge in [-0.25, -0.2) is 0 Å². The van der Waals surface area contributed by atoms with E-state index >= 15 is 0 Å². The molecule has 8 heteroatoms. The molecule has 0 atom stereocenters. The van der Waals surface area contributed by atoms with Crippen molar-refractivity contribution in [3.8, 4) is 0 Å². The van der Waals surface area contributed by atoms with Crippen LogP contribution >= 0.6 is 27.3 Å². The topological polar surface area (TPSA) is 82.2 Å². The standard InChI is InChI=1S/C12H9BrN2O4S/c1-7-2-3-11(20-7)10(16)6-14-4-8(13)12(17)9(5-14)15(18)19/h2-5H,6H2,1H3. The minimum atomic E-state index is -0.761. The summed E-state index contributed by atoms with van der Waals surface area (Å²) in [6, 6.07) is 3.55. The number of aromatic nitrogens is 1. The molecule has 0 radical (unpaired) electrons. The lowest BCUT2D eigenvalue weighted by molar-refractivity contribution is -0.386. The van der Waals surface area contributed by atoms with E-state index in [2.05, 4.69) is 15.9 Å². The summed E-state index contributed by atoms with van der Waals surface area (Å²) in [5, 5.41) is 10.8. The molecule has 0 saturated heterocycles. The fraction of sp³-hybridized carbons (Fsp3) is 0.167. The number of nitro groups is 1. The van der Waals surface area contributed by atoms with Crippen molar-refractivity contribution in [1.29, 1.82) is 0 Å². The average molecular weight is 357 g/mol. The molecular weight excluding hydrogens is 348 g/mol. The summed E-state index contributed by atoms with van der Waals surface area (Å²) in [6.07, 6.45) is 2.44.